The molecule has 1 N–H and O–H groups in total. The molecular formula is C20H23N3O4S2. The van der Waals surface area contributed by atoms with Gasteiger partial charge in [0.15, 0.2) is 10.9 Å². The summed E-state index contributed by atoms with van der Waals surface area (Å²) in [5.41, 5.74) is 1.09. The number of piperidine rings is 1. The molecule has 1 amide bonds. The Kier molecular flexibility index (Phi) is 5.54. The Morgan fingerprint density at radius 1 is 1.17 bits per heavy atom. The highest BCUT2D eigenvalue weighted by atomic mass is 32.2. The van der Waals surface area contributed by atoms with Crippen LogP contribution >= 0.6 is 11.3 Å². The SMILES string of the molecule is CC1CCCCN1S(=O)(=O)c1ccc(C(=O)Nc2nc3c(s2)C(=O)CCC3)cc1. The zero-order chi connectivity index (χ0) is 20.6. The minimum Gasteiger partial charge on any atom is -0.298 e. The first kappa shape index (κ1) is 20.2. The van der Waals surface area contributed by atoms with E-state index in [0.29, 0.717) is 28.5 Å². The molecule has 1 unspecified atom stereocenters. The van der Waals surface area contributed by atoms with Gasteiger partial charge in [-0.05, 0) is 56.9 Å². The van der Waals surface area contributed by atoms with Gasteiger partial charge in [0.2, 0.25) is 10.0 Å². The molecule has 29 heavy (non-hydrogen) atoms. The molecule has 0 spiro atoms. The molecule has 1 aromatic heterocycles. The number of carbonyl (C=O) groups excluding carboxylic acids is 2. The van der Waals surface area contributed by atoms with Gasteiger partial charge in [-0.3, -0.25) is 14.9 Å². The van der Waals surface area contributed by atoms with Gasteiger partial charge in [-0.25, -0.2) is 13.4 Å². The fraction of sp³-hybridized carbons (Fsp3) is 0.450. The zero-order valence-electron chi connectivity index (χ0n) is 16.2. The van der Waals surface area contributed by atoms with E-state index >= 15 is 0 Å². The van der Waals surface area contributed by atoms with Crippen molar-refractivity contribution in [2.24, 2.45) is 0 Å². The quantitative estimate of drug-likeness (QED) is 0.796. The lowest BCUT2D eigenvalue weighted by Crippen LogP contribution is -2.41. The molecule has 1 aliphatic carbocycles. The number of rotatable bonds is 4. The van der Waals surface area contributed by atoms with Crippen LogP contribution in [-0.4, -0.2) is 42.0 Å². The molecule has 9 heteroatoms. The van der Waals surface area contributed by atoms with Crippen molar-refractivity contribution in [1.29, 1.82) is 0 Å². The second kappa shape index (κ2) is 7.97. The predicted octanol–water partition coefficient (Wildman–Crippen LogP) is 3.48. The molecule has 0 bridgehead atoms. The number of aryl methyl sites for hydroxylation is 1. The van der Waals surface area contributed by atoms with E-state index in [0.717, 1.165) is 37.8 Å². The second-order valence-corrected chi connectivity index (χ2v) is 10.4. The molecule has 1 fully saturated rings. The molecule has 1 aromatic carbocycles. The largest absolute Gasteiger partial charge is 0.298 e. The highest BCUT2D eigenvalue weighted by molar-refractivity contribution is 7.89. The van der Waals surface area contributed by atoms with Gasteiger partial charge in [0.25, 0.3) is 5.91 Å². The van der Waals surface area contributed by atoms with Crippen molar-refractivity contribution in [2.75, 3.05) is 11.9 Å². The summed E-state index contributed by atoms with van der Waals surface area (Å²) < 4.78 is 27.3. The summed E-state index contributed by atoms with van der Waals surface area (Å²) in [6.45, 7) is 2.45. The molecular weight excluding hydrogens is 410 g/mol. The molecule has 4 rings (SSSR count). The van der Waals surface area contributed by atoms with Crippen LogP contribution in [0.1, 0.15) is 64.8 Å². The maximum Gasteiger partial charge on any atom is 0.257 e. The Balaban J connectivity index is 1.49. The molecule has 1 saturated heterocycles. The van der Waals surface area contributed by atoms with Crippen molar-refractivity contribution < 1.29 is 18.0 Å². The average molecular weight is 434 g/mol. The third kappa shape index (κ3) is 3.99. The number of amides is 1. The molecule has 2 aliphatic rings. The molecule has 1 aliphatic heterocycles. The predicted molar refractivity (Wildman–Crippen MR) is 111 cm³/mol. The first-order valence-electron chi connectivity index (χ1n) is 9.82. The van der Waals surface area contributed by atoms with Crippen LogP contribution in [0.4, 0.5) is 5.13 Å². The number of fused-ring (bicyclic) bond motifs is 1. The van der Waals surface area contributed by atoms with E-state index in [1.807, 2.05) is 6.92 Å². The van der Waals surface area contributed by atoms with Gasteiger partial charge in [-0.15, -0.1) is 0 Å². The number of carbonyl (C=O) groups is 2. The fourth-order valence-corrected chi connectivity index (χ4v) is 6.51. The van der Waals surface area contributed by atoms with Crippen LogP contribution in [0.15, 0.2) is 29.2 Å². The van der Waals surface area contributed by atoms with Crippen molar-refractivity contribution in [3.8, 4) is 0 Å². The Morgan fingerprint density at radius 2 is 1.93 bits per heavy atom. The van der Waals surface area contributed by atoms with E-state index in [1.54, 1.807) is 4.31 Å². The topological polar surface area (TPSA) is 96.4 Å². The maximum absolute atomic E-state index is 12.9. The summed E-state index contributed by atoms with van der Waals surface area (Å²) in [4.78, 5) is 29.6. The van der Waals surface area contributed by atoms with Crippen molar-refractivity contribution in [3.63, 3.8) is 0 Å². The van der Waals surface area contributed by atoms with Crippen LogP contribution in [0.2, 0.25) is 0 Å². The van der Waals surface area contributed by atoms with Crippen molar-refractivity contribution in [2.45, 2.75) is 56.4 Å². The fourth-order valence-electron chi connectivity index (χ4n) is 3.83. The van der Waals surface area contributed by atoms with Crippen molar-refractivity contribution in [1.82, 2.24) is 9.29 Å². The number of hydrogen-bond donors (Lipinski definition) is 1. The van der Waals surface area contributed by atoms with E-state index in [4.69, 9.17) is 0 Å². The van der Waals surface area contributed by atoms with Gasteiger partial charge in [0, 0.05) is 24.6 Å². The van der Waals surface area contributed by atoms with Crippen LogP contribution in [0, 0.1) is 0 Å². The molecule has 7 nitrogen and oxygen atoms in total. The summed E-state index contributed by atoms with van der Waals surface area (Å²) in [5.74, 6) is -0.301. The minimum atomic E-state index is -3.57. The lowest BCUT2D eigenvalue weighted by atomic mass is 10.0. The number of anilines is 1. The lowest BCUT2D eigenvalue weighted by molar-refractivity contribution is 0.0975. The van der Waals surface area contributed by atoms with Gasteiger partial charge in [-0.1, -0.05) is 17.8 Å². The molecule has 154 valence electrons. The number of benzene rings is 1. The summed E-state index contributed by atoms with van der Waals surface area (Å²) in [5, 5.41) is 3.12. The first-order valence-corrected chi connectivity index (χ1v) is 12.1. The average Bonchev–Trinajstić information content (AvgIpc) is 3.12. The van der Waals surface area contributed by atoms with Gasteiger partial charge in [0.1, 0.15) is 0 Å². The van der Waals surface area contributed by atoms with Crippen LogP contribution in [-0.2, 0) is 16.4 Å². The Bertz CT molecular complexity index is 1040. The number of hydrogen-bond acceptors (Lipinski definition) is 6. The number of nitrogens with one attached hydrogen (secondary N) is 1. The van der Waals surface area contributed by atoms with Crippen molar-refractivity contribution >= 4 is 38.2 Å². The monoisotopic (exact) mass is 433 g/mol. The Morgan fingerprint density at radius 3 is 2.62 bits per heavy atom. The molecule has 0 saturated carbocycles. The number of thiazole rings is 1. The Labute approximate surface area is 174 Å². The van der Waals surface area contributed by atoms with Crippen LogP contribution < -0.4 is 5.32 Å². The van der Waals surface area contributed by atoms with E-state index < -0.39 is 10.0 Å². The van der Waals surface area contributed by atoms with Crippen LogP contribution in [0.5, 0.6) is 0 Å². The number of aromatic nitrogens is 1. The van der Waals surface area contributed by atoms with E-state index in [1.165, 1.54) is 35.6 Å². The number of nitrogens with zero attached hydrogens (tertiary/aromatic N) is 2. The maximum atomic E-state index is 12.9. The van der Waals surface area contributed by atoms with Gasteiger partial charge >= 0.3 is 0 Å². The third-order valence-electron chi connectivity index (χ3n) is 5.45. The first-order chi connectivity index (χ1) is 13.9. The number of ketones is 1. The molecule has 2 aromatic rings. The Hall–Kier alpha value is -2.10. The summed E-state index contributed by atoms with van der Waals surface area (Å²) in [7, 11) is -3.57. The van der Waals surface area contributed by atoms with E-state index in [-0.39, 0.29) is 22.6 Å². The minimum absolute atomic E-state index is 0.0182. The van der Waals surface area contributed by atoms with Gasteiger partial charge in [-0.2, -0.15) is 4.31 Å². The highest BCUT2D eigenvalue weighted by Crippen LogP contribution is 2.30. The molecule has 2 heterocycles. The summed E-state index contributed by atoms with van der Waals surface area (Å²) >= 11 is 1.20. The van der Waals surface area contributed by atoms with Gasteiger partial charge < -0.3 is 0 Å². The van der Waals surface area contributed by atoms with E-state index in [2.05, 4.69) is 10.3 Å². The summed E-state index contributed by atoms with van der Waals surface area (Å²) in [6, 6.07) is 5.95. The lowest BCUT2D eigenvalue weighted by Gasteiger charge is -2.32. The number of Topliss-reactive ketones (excluding diaryl/α,β-unsaturated/α-hetero) is 1. The van der Waals surface area contributed by atoms with Crippen molar-refractivity contribution in [3.05, 3.63) is 40.4 Å². The standard InChI is InChI=1S/C20H23N3O4S2/c1-13-5-2-3-12-23(13)29(26,27)15-10-8-14(9-11-15)19(25)22-20-21-16-6-4-7-17(24)18(16)28-20/h8-11,13H,2-7,12H2,1H3,(H,21,22,25). The number of sulfonamides is 1. The van der Waals surface area contributed by atoms with Crippen LogP contribution in [0.3, 0.4) is 0 Å². The molecule has 0 radical (unpaired) electrons. The van der Waals surface area contributed by atoms with Gasteiger partial charge in [0.05, 0.1) is 15.5 Å². The second-order valence-electron chi connectivity index (χ2n) is 7.51. The normalized spacial score (nSPS) is 20.3. The zero-order valence-corrected chi connectivity index (χ0v) is 17.8. The smallest absolute Gasteiger partial charge is 0.257 e. The highest BCUT2D eigenvalue weighted by Gasteiger charge is 2.31. The van der Waals surface area contributed by atoms with Crippen LogP contribution in [0.25, 0.3) is 0 Å². The summed E-state index contributed by atoms with van der Waals surface area (Å²) in [6.07, 6.45) is 4.82. The van der Waals surface area contributed by atoms with E-state index in [9.17, 15) is 18.0 Å². The third-order valence-corrected chi connectivity index (χ3v) is 8.54. The molecule has 1 atom stereocenters.